The molecular weight excluding hydrogens is 397 g/mol. The van der Waals surface area contributed by atoms with Crippen molar-refractivity contribution in [2.45, 2.75) is 63.9 Å². The van der Waals surface area contributed by atoms with Gasteiger partial charge in [0.25, 0.3) is 0 Å². The number of hydrogen-bond acceptors (Lipinski definition) is 4. The molecular formula is C22H23Cl2NO3. The van der Waals surface area contributed by atoms with E-state index < -0.39 is 5.92 Å². The topological polar surface area (TPSA) is 55.4 Å². The van der Waals surface area contributed by atoms with Crippen LogP contribution in [-0.2, 0) is 14.3 Å². The fourth-order valence-corrected chi connectivity index (χ4v) is 5.04. The summed E-state index contributed by atoms with van der Waals surface area (Å²) in [5.74, 6) is -0.830. The first kappa shape index (κ1) is 19.5. The predicted molar refractivity (Wildman–Crippen MR) is 109 cm³/mol. The van der Waals surface area contributed by atoms with Crippen LogP contribution in [0.1, 0.15) is 63.4 Å². The molecule has 1 saturated carbocycles. The zero-order valence-electron chi connectivity index (χ0n) is 15.8. The summed E-state index contributed by atoms with van der Waals surface area (Å²) in [6.45, 7) is 1.87. The molecule has 1 aliphatic heterocycles. The fraction of sp³-hybridized carbons (Fsp3) is 0.455. The Morgan fingerprint density at radius 3 is 2.61 bits per heavy atom. The van der Waals surface area contributed by atoms with E-state index in [-0.39, 0.29) is 17.9 Å². The molecule has 0 amide bonds. The number of allylic oxidation sites excluding steroid dienone is 3. The quantitative estimate of drug-likeness (QED) is 0.661. The summed E-state index contributed by atoms with van der Waals surface area (Å²) in [7, 11) is 0. The van der Waals surface area contributed by atoms with E-state index in [9.17, 15) is 9.59 Å². The molecule has 0 unspecified atom stereocenters. The second-order valence-electron chi connectivity index (χ2n) is 7.74. The number of esters is 1. The smallest absolute Gasteiger partial charge is 0.337 e. The molecule has 4 nitrogen and oxygen atoms in total. The van der Waals surface area contributed by atoms with Crippen LogP contribution >= 0.6 is 23.2 Å². The van der Waals surface area contributed by atoms with Crippen molar-refractivity contribution in [3.05, 3.63) is 56.3 Å². The molecule has 0 radical (unpaired) electrons. The molecule has 1 N–H and O–H groups in total. The molecule has 28 heavy (non-hydrogen) atoms. The van der Waals surface area contributed by atoms with Crippen molar-refractivity contribution in [3.8, 4) is 0 Å². The number of ether oxygens (including phenoxy) is 1. The second kappa shape index (κ2) is 7.92. The summed E-state index contributed by atoms with van der Waals surface area (Å²) >= 11 is 12.6. The van der Waals surface area contributed by atoms with Gasteiger partial charge in [0.2, 0.25) is 0 Å². The van der Waals surface area contributed by atoms with E-state index in [0.29, 0.717) is 33.2 Å². The zero-order chi connectivity index (χ0) is 19.8. The van der Waals surface area contributed by atoms with Gasteiger partial charge in [-0.15, -0.1) is 0 Å². The van der Waals surface area contributed by atoms with E-state index in [1.807, 2.05) is 13.0 Å². The van der Waals surface area contributed by atoms with Crippen LogP contribution in [0.25, 0.3) is 0 Å². The summed E-state index contributed by atoms with van der Waals surface area (Å²) in [6.07, 6.45) is 5.96. The maximum atomic E-state index is 13.2. The summed E-state index contributed by atoms with van der Waals surface area (Å²) in [4.78, 5) is 26.1. The van der Waals surface area contributed by atoms with Crippen molar-refractivity contribution in [3.63, 3.8) is 0 Å². The first-order valence-corrected chi connectivity index (χ1v) is 10.6. The largest absolute Gasteiger partial charge is 0.459 e. The van der Waals surface area contributed by atoms with Crippen molar-refractivity contribution < 1.29 is 14.3 Å². The normalized spacial score (nSPS) is 23.0. The summed E-state index contributed by atoms with van der Waals surface area (Å²) in [6, 6.07) is 5.21. The van der Waals surface area contributed by atoms with Crippen LogP contribution in [0.4, 0.5) is 0 Å². The van der Waals surface area contributed by atoms with Gasteiger partial charge in [-0.3, -0.25) is 4.79 Å². The number of rotatable bonds is 3. The standard InChI is InChI=1S/C22H23Cl2NO3/c1-12-19(22(27)28-14-5-2-3-6-14)20(15-10-9-13(23)11-16(15)24)21-17(25-12)7-4-8-18(21)26/h9-11,14,20,25H,2-8H2,1H3/t20-/m1/s1. The Kier molecular flexibility index (Phi) is 5.52. The van der Waals surface area contributed by atoms with Gasteiger partial charge in [0.1, 0.15) is 6.10 Å². The third-order valence-electron chi connectivity index (χ3n) is 5.85. The lowest BCUT2D eigenvalue weighted by Crippen LogP contribution is -2.35. The van der Waals surface area contributed by atoms with Crippen molar-refractivity contribution >= 4 is 35.0 Å². The van der Waals surface area contributed by atoms with Crippen LogP contribution in [0.15, 0.2) is 40.7 Å². The molecule has 3 aliphatic rings. The van der Waals surface area contributed by atoms with Gasteiger partial charge >= 0.3 is 5.97 Å². The molecule has 1 fully saturated rings. The minimum Gasteiger partial charge on any atom is -0.459 e. The van der Waals surface area contributed by atoms with Crippen LogP contribution in [-0.4, -0.2) is 17.9 Å². The van der Waals surface area contributed by atoms with E-state index >= 15 is 0 Å². The number of dihydropyridines is 1. The Morgan fingerprint density at radius 2 is 1.89 bits per heavy atom. The molecule has 0 bridgehead atoms. The molecule has 1 heterocycles. The third-order valence-corrected chi connectivity index (χ3v) is 6.41. The Hall–Kier alpha value is -1.78. The van der Waals surface area contributed by atoms with E-state index in [1.54, 1.807) is 12.1 Å². The maximum absolute atomic E-state index is 13.2. The summed E-state index contributed by atoms with van der Waals surface area (Å²) in [5, 5.41) is 4.27. The molecule has 0 saturated heterocycles. The first-order chi connectivity index (χ1) is 13.5. The maximum Gasteiger partial charge on any atom is 0.337 e. The highest BCUT2D eigenvalue weighted by Crippen LogP contribution is 2.45. The number of nitrogens with one attached hydrogen (secondary N) is 1. The number of halogens is 2. The van der Waals surface area contributed by atoms with Gasteiger partial charge in [0, 0.05) is 39.4 Å². The van der Waals surface area contributed by atoms with E-state index in [2.05, 4.69) is 5.32 Å². The number of Topliss-reactive ketones (excluding diaryl/α,β-unsaturated/α-hetero) is 1. The molecule has 1 atom stereocenters. The van der Waals surface area contributed by atoms with E-state index in [1.165, 1.54) is 0 Å². The minimum absolute atomic E-state index is 0.0495. The lowest BCUT2D eigenvalue weighted by atomic mass is 9.75. The van der Waals surface area contributed by atoms with E-state index in [0.717, 1.165) is 49.9 Å². The van der Waals surface area contributed by atoms with Crippen LogP contribution in [0.2, 0.25) is 10.0 Å². The summed E-state index contributed by atoms with van der Waals surface area (Å²) in [5.41, 5.74) is 3.45. The van der Waals surface area contributed by atoms with Crippen LogP contribution in [0, 0.1) is 0 Å². The molecule has 6 heteroatoms. The fourth-order valence-electron chi connectivity index (χ4n) is 4.52. The zero-order valence-corrected chi connectivity index (χ0v) is 17.3. The highest BCUT2D eigenvalue weighted by atomic mass is 35.5. The first-order valence-electron chi connectivity index (χ1n) is 9.85. The Bertz CT molecular complexity index is 897. The minimum atomic E-state index is -0.525. The van der Waals surface area contributed by atoms with E-state index in [4.69, 9.17) is 27.9 Å². The lowest BCUT2D eigenvalue weighted by Gasteiger charge is -2.34. The summed E-state index contributed by atoms with van der Waals surface area (Å²) < 4.78 is 5.81. The monoisotopic (exact) mass is 419 g/mol. The van der Waals surface area contributed by atoms with Crippen LogP contribution < -0.4 is 5.32 Å². The van der Waals surface area contributed by atoms with Crippen molar-refractivity contribution in [2.24, 2.45) is 0 Å². The number of benzene rings is 1. The Morgan fingerprint density at radius 1 is 1.14 bits per heavy atom. The van der Waals surface area contributed by atoms with Gasteiger partial charge in [0.15, 0.2) is 5.78 Å². The van der Waals surface area contributed by atoms with Gasteiger partial charge < -0.3 is 10.1 Å². The molecule has 148 valence electrons. The Labute approximate surface area is 174 Å². The lowest BCUT2D eigenvalue weighted by molar-refractivity contribution is -0.144. The highest BCUT2D eigenvalue weighted by Gasteiger charge is 2.40. The molecule has 2 aliphatic carbocycles. The Balaban J connectivity index is 1.80. The third kappa shape index (κ3) is 3.60. The van der Waals surface area contributed by atoms with Gasteiger partial charge in [-0.05, 0) is 63.1 Å². The number of hydrogen-bond donors (Lipinski definition) is 1. The average Bonchev–Trinajstić information content (AvgIpc) is 3.14. The molecule has 1 aromatic carbocycles. The number of ketones is 1. The molecule has 1 aromatic rings. The van der Waals surface area contributed by atoms with Gasteiger partial charge in [-0.25, -0.2) is 4.79 Å². The van der Waals surface area contributed by atoms with Crippen molar-refractivity contribution in [2.75, 3.05) is 0 Å². The number of carbonyl (C=O) groups is 2. The predicted octanol–water partition coefficient (Wildman–Crippen LogP) is 5.45. The van der Waals surface area contributed by atoms with Crippen molar-refractivity contribution in [1.29, 1.82) is 0 Å². The molecule has 0 aromatic heterocycles. The van der Waals surface area contributed by atoms with Gasteiger partial charge in [-0.2, -0.15) is 0 Å². The number of carbonyl (C=O) groups excluding carboxylic acids is 2. The highest BCUT2D eigenvalue weighted by molar-refractivity contribution is 6.35. The second-order valence-corrected chi connectivity index (χ2v) is 8.59. The molecule has 4 rings (SSSR count). The van der Waals surface area contributed by atoms with Crippen LogP contribution in [0.3, 0.4) is 0 Å². The average molecular weight is 420 g/mol. The van der Waals surface area contributed by atoms with Crippen LogP contribution in [0.5, 0.6) is 0 Å². The molecule has 0 spiro atoms. The van der Waals surface area contributed by atoms with Gasteiger partial charge in [-0.1, -0.05) is 29.3 Å². The van der Waals surface area contributed by atoms with Gasteiger partial charge in [0.05, 0.1) is 5.57 Å². The SMILES string of the molecule is CC1=C(C(=O)OC2CCCC2)[C@@H](c2ccc(Cl)cc2Cl)C2=C(CCCC2=O)N1. The van der Waals surface area contributed by atoms with Crippen molar-refractivity contribution in [1.82, 2.24) is 5.32 Å².